The van der Waals surface area contributed by atoms with Crippen LogP contribution in [0.1, 0.15) is 21.7 Å². The Labute approximate surface area is 115 Å². The first kappa shape index (κ1) is 12.1. The molecule has 19 heavy (non-hydrogen) atoms. The quantitative estimate of drug-likeness (QED) is 0.815. The molecule has 1 amide bonds. The normalized spacial score (nSPS) is 14.3. The summed E-state index contributed by atoms with van der Waals surface area (Å²) in [4.78, 5) is 14.0. The molecule has 1 aliphatic heterocycles. The van der Waals surface area contributed by atoms with Gasteiger partial charge in [0, 0.05) is 18.8 Å². The van der Waals surface area contributed by atoms with E-state index in [4.69, 9.17) is 21.8 Å². The number of nitrogens with two attached hydrogens (primary N) is 1. The minimum Gasteiger partial charge on any atom is -0.440 e. The van der Waals surface area contributed by atoms with Crippen molar-refractivity contribution in [1.29, 1.82) is 0 Å². The third-order valence-electron chi connectivity index (χ3n) is 3.31. The Bertz CT molecular complexity index is 636. The van der Waals surface area contributed by atoms with E-state index in [-0.39, 0.29) is 16.9 Å². The lowest BCUT2D eigenvalue weighted by Crippen LogP contribution is -2.35. The summed E-state index contributed by atoms with van der Waals surface area (Å²) in [7, 11) is 0. The number of benzene rings is 1. The summed E-state index contributed by atoms with van der Waals surface area (Å²) in [6, 6.07) is 9.01. The SMILES string of the molecule is Nc1ccc2c(c1)CN(C(=O)c1ccc(Cl)o1)CC2. The maximum absolute atomic E-state index is 12.3. The second-order valence-corrected chi connectivity index (χ2v) is 4.98. The number of halogens is 1. The molecule has 1 aromatic heterocycles. The second kappa shape index (κ2) is 4.63. The summed E-state index contributed by atoms with van der Waals surface area (Å²) in [5.41, 5.74) is 8.84. The number of furan rings is 1. The van der Waals surface area contributed by atoms with Gasteiger partial charge in [-0.25, -0.2) is 0 Å². The first-order valence-corrected chi connectivity index (χ1v) is 6.43. The van der Waals surface area contributed by atoms with Gasteiger partial charge in [0.15, 0.2) is 11.0 Å². The molecule has 0 spiro atoms. The molecule has 0 aliphatic carbocycles. The third kappa shape index (κ3) is 2.31. The Morgan fingerprint density at radius 1 is 1.26 bits per heavy atom. The average molecular weight is 277 g/mol. The van der Waals surface area contributed by atoms with Crippen molar-refractivity contribution in [2.45, 2.75) is 13.0 Å². The van der Waals surface area contributed by atoms with Crippen LogP contribution in [-0.4, -0.2) is 17.4 Å². The number of carbonyl (C=O) groups is 1. The van der Waals surface area contributed by atoms with Gasteiger partial charge in [0.2, 0.25) is 0 Å². The van der Waals surface area contributed by atoms with Crippen molar-refractivity contribution in [3.63, 3.8) is 0 Å². The molecule has 4 nitrogen and oxygen atoms in total. The first-order valence-electron chi connectivity index (χ1n) is 6.05. The topological polar surface area (TPSA) is 59.5 Å². The van der Waals surface area contributed by atoms with Gasteiger partial charge in [-0.1, -0.05) is 6.07 Å². The molecule has 1 aliphatic rings. The van der Waals surface area contributed by atoms with Crippen molar-refractivity contribution in [3.8, 4) is 0 Å². The Morgan fingerprint density at radius 3 is 2.84 bits per heavy atom. The van der Waals surface area contributed by atoms with Gasteiger partial charge >= 0.3 is 0 Å². The van der Waals surface area contributed by atoms with Crippen molar-refractivity contribution in [2.75, 3.05) is 12.3 Å². The number of anilines is 1. The third-order valence-corrected chi connectivity index (χ3v) is 3.52. The van der Waals surface area contributed by atoms with E-state index in [2.05, 4.69) is 0 Å². The summed E-state index contributed by atoms with van der Waals surface area (Å²) in [5, 5.41) is 0.227. The predicted molar refractivity (Wildman–Crippen MR) is 73.0 cm³/mol. The molecule has 0 unspecified atom stereocenters. The molecule has 3 rings (SSSR count). The largest absolute Gasteiger partial charge is 0.440 e. The lowest BCUT2D eigenvalue weighted by atomic mass is 9.99. The minimum absolute atomic E-state index is 0.139. The molecule has 2 N–H and O–H groups in total. The van der Waals surface area contributed by atoms with E-state index in [0.717, 1.165) is 12.0 Å². The summed E-state index contributed by atoms with van der Waals surface area (Å²) >= 11 is 5.69. The average Bonchev–Trinajstić information content (AvgIpc) is 2.83. The molecule has 98 valence electrons. The highest BCUT2D eigenvalue weighted by atomic mass is 35.5. The Balaban J connectivity index is 1.83. The fourth-order valence-electron chi connectivity index (χ4n) is 2.34. The fourth-order valence-corrected chi connectivity index (χ4v) is 2.48. The van der Waals surface area contributed by atoms with Gasteiger partial charge < -0.3 is 15.1 Å². The van der Waals surface area contributed by atoms with Crippen LogP contribution < -0.4 is 5.73 Å². The van der Waals surface area contributed by atoms with Crippen molar-refractivity contribution in [3.05, 3.63) is 52.4 Å². The fraction of sp³-hybridized carbons (Fsp3) is 0.214. The number of nitrogens with zero attached hydrogens (tertiary/aromatic N) is 1. The molecule has 0 saturated heterocycles. The van der Waals surface area contributed by atoms with E-state index in [1.165, 1.54) is 5.56 Å². The van der Waals surface area contributed by atoms with Crippen LogP contribution >= 0.6 is 11.6 Å². The highest BCUT2D eigenvalue weighted by molar-refractivity contribution is 6.29. The molecule has 2 heterocycles. The predicted octanol–water partition coefficient (Wildman–Crippen LogP) is 2.71. The van der Waals surface area contributed by atoms with E-state index in [1.54, 1.807) is 17.0 Å². The molecule has 0 radical (unpaired) electrons. The maximum Gasteiger partial charge on any atom is 0.289 e. The molecule has 0 saturated carbocycles. The highest BCUT2D eigenvalue weighted by Gasteiger charge is 2.23. The number of rotatable bonds is 1. The van der Waals surface area contributed by atoms with Crippen LogP contribution in [0.4, 0.5) is 5.69 Å². The van der Waals surface area contributed by atoms with Crippen molar-refractivity contribution in [2.24, 2.45) is 0 Å². The number of amides is 1. The smallest absolute Gasteiger partial charge is 0.289 e. The summed E-state index contributed by atoms with van der Waals surface area (Å²) in [5.74, 6) is 0.136. The van der Waals surface area contributed by atoms with Crippen molar-refractivity contribution in [1.82, 2.24) is 4.90 Å². The molecular weight excluding hydrogens is 264 g/mol. The zero-order valence-electron chi connectivity index (χ0n) is 10.2. The minimum atomic E-state index is -0.139. The van der Waals surface area contributed by atoms with E-state index in [0.29, 0.717) is 18.8 Å². The standard InChI is InChI=1S/C14H13ClN2O2/c15-13-4-3-12(19-13)14(18)17-6-5-9-1-2-11(16)7-10(9)8-17/h1-4,7H,5-6,8,16H2. The van der Waals surface area contributed by atoms with Gasteiger partial charge in [0.1, 0.15) is 0 Å². The van der Waals surface area contributed by atoms with Gasteiger partial charge in [-0.3, -0.25) is 4.79 Å². The zero-order valence-corrected chi connectivity index (χ0v) is 11.0. The van der Waals surface area contributed by atoms with Gasteiger partial charge in [0.25, 0.3) is 5.91 Å². The highest BCUT2D eigenvalue weighted by Crippen LogP contribution is 2.23. The summed E-state index contributed by atoms with van der Waals surface area (Å²) in [6.07, 6.45) is 0.829. The second-order valence-electron chi connectivity index (χ2n) is 4.61. The molecular formula is C14H13ClN2O2. The lowest BCUT2D eigenvalue weighted by molar-refractivity contribution is 0.0702. The van der Waals surface area contributed by atoms with Crippen LogP contribution in [0.25, 0.3) is 0 Å². The van der Waals surface area contributed by atoms with Crippen LogP contribution in [0.5, 0.6) is 0 Å². The Hall–Kier alpha value is -1.94. The summed E-state index contributed by atoms with van der Waals surface area (Å²) in [6.45, 7) is 1.23. The van der Waals surface area contributed by atoms with Crippen LogP contribution in [0, 0.1) is 0 Å². The summed E-state index contributed by atoms with van der Waals surface area (Å²) < 4.78 is 5.16. The van der Waals surface area contributed by atoms with Gasteiger partial charge in [-0.05, 0) is 53.4 Å². The van der Waals surface area contributed by atoms with Gasteiger partial charge in [-0.2, -0.15) is 0 Å². The lowest BCUT2D eigenvalue weighted by Gasteiger charge is -2.28. The van der Waals surface area contributed by atoms with Crippen molar-refractivity contribution >= 4 is 23.2 Å². The molecule has 5 heteroatoms. The van der Waals surface area contributed by atoms with Crippen LogP contribution in [0.2, 0.25) is 5.22 Å². The van der Waals surface area contributed by atoms with E-state index in [9.17, 15) is 4.79 Å². The first-order chi connectivity index (χ1) is 9.13. The number of nitrogen functional groups attached to an aromatic ring is 1. The molecule has 2 aromatic rings. The molecule has 1 aromatic carbocycles. The molecule has 0 fully saturated rings. The number of carbonyl (C=O) groups excluding carboxylic acids is 1. The van der Waals surface area contributed by atoms with Crippen LogP contribution in [0.3, 0.4) is 0 Å². The number of hydrogen-bond donors (Lipinski definition) is 1. The molecule has 0 atom stereocenters. The van der Waals surface area contributed by atoms with E-state index >= 15 is 0 Å². The Morgan fingerprint density at radius 2 is 2.11 bits per heavy atom. The van der Waals surface area contributed by atoms with E-state index in [1.807, 2.05) is 18.2 Å². The maximum atomic E-state index is 12.3. The zero-order chi connectivity index (χ0) is 13.4. The van der Waals surface area contributed by atoms with E-state index < -0.39 is 0 Å². The number of fused-ring (bicyclic) bond motifs is 1. The number of hydrogen-bond acceptors (Lipinski definition) is 3. The monoisotopic (exact) mass is 276 g/mol. The van der Waals surface area contributed by atoms with Crippen LogP contribution in [-0.2, 0) is 13.0 Å². The van der Waals surface area contributed by atoms with Gasteiger partial charge in [-0.15, -0.1) is 0 Å². The van der Waals surface area contributed by atoms with Gasteiger partial charge in [0.05, 0.1) is 0 Å². The van der Waals surface area contributed by atoms with Crippen molar-refractivity contribution < 1.29 is 9.21 Å². The van der Waals surface area contributed by atoms with Crippen LogP contribution in [0.15, 0.2) is 34.7 Å². The Kier molecular flexibility index (Phi) is 2.95. The molecule has 0 bridgehead atoms.